The number of hydrogen-bond donors (Lipinski definition) is 0. The maximum absolute atomic E-state index is 12.9. The Balaban J connectivity index is 1.12. The molecule has 32 heavy (non-hydrogen) atoms. The summed E-state index contributed by atoms with van der Waals surface area (Å²) in [6, 6.07) is 15.8. The largest absolute Gasteiger partial charge is 0.335 e. The first kappa shape index (κ1) is 21.1. The Morgan fingerprint density at radius 2 is 1.47 bits per heavy atom. The maximum Gasteiger partial charge on any atom is 0.282 e. The molecule has 2 aliphatic heterocycles. The highest BCUT2D eigenvalue weighted by molar-refractivity contribution is 7.11. The molecule has 0 bridgehead atoms. The minimum Gasteiger partial charge on any atom is -0.335 e. The molecule has 2 aliphatic rings. The van der Waals surface area contributed by atoms with Crippen molar-refractivity contribution in [3.8, 4) is 11.1 Å². The molecule has 0 N–H and O–H groups in total. The Kier molecular flexibility index (Phi) is 5.95. The second-order valence-electron chi connectivity index (χ2n) is 8.11. The van der Waals surface area contributed by atoms with Gasteiger partial charge < -0.3 is 9.80 Å². The molecule has 0 aliphatic carbocycles. The summed E-state index contributed by atoms with van der Waals surface area (Å²) in [5, 5.41) is 3.09. The molecule has 2 aromatic carbocycles. The van der Waals surface area contributed by atoms with Gasteiger partial charge in [0, 0.05) is 67.5 Å². The smallest absolute Gasteiger partial charge is 0.282 e. The topological polar surface area (TPSA) is 56.8 Å². The molecule has 164 valence electrons. The van der Waals surface area contributed by atoms with Crippen LogP contribution in [0.3, 0.4) is 0 Å². The maximum atomic E-state index is 12.9. The van der Waals surface area contributed by atoms with E-state index in [2.05, 4.69) is 9.88 Å². The van der Waals surface area contributed by atoms with Crippen molar-refractivity contribution in [1.29, 1.82) is 0 Å². The van der Waals surface area contributed by atoms with E-state index in [9.17, 15) is 9.59 Å². The van der Waals surface area contributed by atoms with Crippen LogP contribution >= 0.6 is 22.9 Å². The molecule has 0 unspecified atom stereocenters. The van der Waals surface area contributed by atoms with Gasteiger partial charge in [-0.25, -0.2) is 4.98 Å². The SMILES string of the molecule is O=C(c1ccc(-c2ccc(Cl)cc2)cc1)N1CC(N2CCN(C(=O)c3nccs3)CC2)C1. The van der Waals surface area contributed by atoms with Gasteiger partial charge in [-0.3, -0.25) is 14.5 Å². The van der Waals surface area contributed by atoms with Crippen molar-refractivity contribution in [1.82, 2.24) is 19.7 Å². The number of nitrogens with zero attached hydrogens (tertiary/aromatic N) is 4. The summed E-state index contributed by atoms with van der Waals surface area (Å²) in [4.78, 5) is 35.6. The number of likely N-dealkylation sites (tertiary alicyclic amines) is 1. The van der Waals surface area contributed by atoms with Crippen molar-refractivity contribution in [3.05, 3.63) is 75.7 Å². The van der Waals surface area contributed by atoms with Gasteiger partial charge in [0.2, 0.25) is 0 Å². The van der Waals surface area contributed by atoms with Crippen molar-refractivity contribution >= 4 is 34.8 Å². The highest BCUT2D eigenvalue weighted by atomic mass is 35.5. The van der Waals surface area contributed by atoms with Crippen molar-refractivity contribution in [3.63, 3.8) is 0 Å². The van der Waals surface area contributed by atoms with Crippen molar-refractivity contribution in [2.24, 2.45) is 0 Å². The van der Waals surface area contributed by atoms with Gasteiger partial charge in [0.05, 0.1) is 0 Å². The molecule has 2 amide bonds. The number of carbonyl (C=O) groups excluding carboxylic acids is 2. The van der Waals surface area contributed by atoms with Crippen LogP contribution in [0.1, 0.15) is 20.2 Å². The molecule has 0 spiro atoms. The van der Waals surface area contributed by atoms with Crippen LogP contribution in [-0.2, 0) is 0 Å². The minimum absolute atomic E-state index is 0.0205. The number of benzene rings is 2. The second kappa shape index (κ2) is 9.02. The van der Waals surface area contributed by atoms with E-state index in [1.807, 2.05) is 63.7 Å². The summed E-state index contributed by atoms with van der Waals surface area (Å²) in [5.74, 6) is 0.0913. The van der Waals surface area contributed by atoms with Crippen molar-refractivity contribution < 1.29 is 9.59 Å². The Labute approximate surface area is 196 Å². The molecule has 1 aromatic heterocycles. The van der Waals surface area contributed by atoms with Crippen molar-refractivity contribution in [2.45, 2.75) is 6.04 Å². The first-order chi connectivity index (χ1) is 15.6. The molecule has 3 aromatic rings. The van der Waals surface area contributed by atoms with E-state index in [0.29, 0.717) is 34.7 Å². The van der Waals surface area contributed by atoms with E-state index in [1.165, 1.54) is 11.3 Å². The number of carbonyl (C=O) groups is 2. The first-order valence-electron chi connectivity index (χ1n) is 10.7. The van der Waals surface area contributed by atoms with Gasteiger partial charge in [0.15, 0.2) is 5.01 Å². The van der Waals surface area contributed by atoms with Gasteiger partial charge in [-0.05, 0) is 35.4 Å². The van der Waals surface area contributed by atoms with Crippen LogP contribution in [0.15, 0.2) is 60.1 Å². The fraction of sp³-hybridized carbons (Fsp3) is 0.292. The van der Waals surface area contributed by atoms with Crippen LogP contribution in [0.5, 0.6) is 0 Å². The molecular weight excluding hydrogens is 444 g/mol. The van der Waals surface area contributed by atoms with Crippen LogP contribution in [0.4, 0.5) is 0 Å². The quantitative estimate of drug-likeness (QED) is 0.587. The van der Waals surface area contributed by atoms with Crippen LogP contribution in [0.25, 0.3) is 11.1 Å². The van der Waals surface area contributed by atoms with Crippen LogP contribution in [0.2, 0.25) is 5.02 Å². The zero-order valence-electron chi connectivity index (χ0n) is 17.5. The summed E-state index contributed by atoms with van der Waals surface area (Å²) in [6.07, 6.45) is 1.67. The van der Waals surface area contributed by atoms with Gasteiger partial charge >= 0.3 is 0 Å². The third-order valence-electron chi connectivity index (χ3n) is 6.19. The highest BCUT2D eigenvalue weighted by Crippen LogP contribution is 2.24. The van der Waals surface area contributed by atoms with Gasteiger partial charge in [-0.15, -0.1) is 11.3 Å². The van der Waals surface area contributed by atoms with Crippen molar-refractivity contribution in [2.75, 3.05) is 39.3 Å². The lowest BCUT2D eigenvalue weighted by Crippen LogP contribution is -2.64. The standard InChI is InChI=1S/C24H23ClN4O2S/c25-20-7-5-18(6-8-20)17-1-3-19(4-2-17)23(30)29-15-21(16-29)27-10-12-28(13-11-27)24(31)22-26-9-14-32-22/h1-9,14,21H,10-13,15-16H2. The lowest BCUT2D eigenvalue weighted by Gasteiger charge is -2.48. The molecule has 0 atom stereocenters. The van der Waals surface area contributed by atoms with Gasteiger partial charge in [0.25, 0.3) is 11.8 Å². The Hall–Kier alpha value is -2.74. The summed E-state index contributed by atoms with van der Waals surface area (Å²) in [7, 11) is 0. The average Bonchev–Trinajstić information content (AvgIpc) is 3.34. The van der Waals surface area contributed by atoms with Gasteiger partial charge in [-0.1, -0.05) is 35.9 Å². The Bertz CT molecular complexity index is 1090. The number of thiazole rings is 1. The highest BCUT2D eigenvalue weighted by Gasteiger charge is 2.37. The molecule has 0 saturated carbocycles. The molecule has 6 nitrogen and oxygen atoms in total. The predicted molar refractivity (Wildman–Crippen MR) is 126 cm³/mol. The van der Waals surface area contributed by atoms with Gasteiger partial charge in [0.1, 0.15) is 0 Å². The summed E-state index contributed by atoms with van der Waals surface area (Å²) in [5.41, 5.74) is 2.84. The van der Waals surface area contributed by atoms with E-state index < -0.39 is 0 Å². The second-order valence-corrected chi connectivity index (χ2v) is 9.44. The molecule has 2 fully saturated rings. The summed E-state index contributed by atoms with van der Waals surface area (Å²) >= 11 is 7.34. The molecule has 3 heterocycles. The zero-order chi connectivity index (χ0) is 22.1. The van der Waals surface area contributed by atoms with E-state index in [-0.39, 0.29) is 11.8 Å². The van der Waals surface area contributed by atoms with Crippen LogP contribution < -0.4 is 0 Å². The number of halogens is 1. The van der Waals surface area contributed by atoms with E-state index in [1.54, 1.807) is 6.20 Å². The molecule has 2 saturated heterocycles. The minimum atomic E-state index is 0.0205. The lowest BCUT2D eigenvalue weighted by molar-refractivity contribution is 0.00853. The fourth-order valence-electron chi connectivity index (χ4n) is 4.24. The summed E-state index contributed by atoms with van der Waals surface area (Å²) in [6.45, 7) is 4.54. The van der Waals surface area contributed by atoms with Crippen LogP contribution in [0, 0.1) is 0 Å². The number of amides is 2. The van der Waals surface area contributed by atoms with E-state index in [4.69, 9.17) is 11.6 Å². The molecule has 0 radical (unpaired) electrons. The van der Waals surface area contributed by atoms with E-state index in [0.717, 1.165) is 37.3 Å². The number of rotatable bonds is 4. The molecule has 8 heteroatoms. The van der Waals surface area contributed by atoms with Gasteiger partial charge in [-0.2, -0.15) is 0 Å². The number of piperazine rings is 1. The Morgan fingerprint density at radius 3 is 2.06 bits per heavy atom. The monoisotopic (exact) mass is 466 g/mol. The third kappa shape index (κ3) is 4.28. The zero-order valence-corrected chi connectivity index (χ0v) is 19.1. The number of hydrogen-bond acceptors (Lipinski definition) is 5. The lowest BCUT2D eigenvalue weighted by atomic mass is 10.0. The molecule has 5 rings (SSSR count). The third-order valence-corrected chi connectivity index (χ3v) is 7.21. The normalized spacial score (nSPS) is 17.3. The Morgan fingerprint density at radius 1 is 0.844 bits per heavy atom. The average molecular weight is 467 g/mol. The predicted octanol–water partition coefficient (Wildman–Crippen LogP) is 3.75. The van der Waals surface area contributed by atoms with Crippen LogP contribution in [-0.4, -0.2) is 76.8 Å². The fourth-order valence-corrected chi connectivity index (χ4v) is 4.96. The first-order valence-corrected chi connectivity index (χ1v) is 11.9. The number of aromatic nitrogens is 1. The summed E-state index contributed by atoms with van der Waals surface area (Å²) < 4.78 is 0. The molecular formula is C24H23ClN4O2S. The van der Waals surface area contributed by atoms with E-state index >= 15 is 0 Å².